The first-order chi connectivity index (χ1) is 33.9. The second-order valence-electron chi connectivity index (χ2n) is 18.7. The molecule has 2 unspecified atom stereocenters. The van der Waals surface area contributed by atoms with E-state index in [0.717, 1.165) is 68.8 Å². The van der Waals surface area contributed by atoms with Crippen molar-refractivity contribution in [2.24, 2.45) is 5.41 Å². The van der Waals surface area contributed by atoms with Crippen molar-refractivity contribution in [2.45, 2.75) is 52.6 Å². The second kappa shape index (κ2) is 18.5. The van der Waals surface area contributed by atoms with Gasteiger partial charge in [-0.2, -0.15) is 0 Å². The summed E-state index contributed by atoms with van der Waals surface area (Å²) in [5, 5.41) is 4.83. The highest BCUT2D eigenvalue weighted by molar-refractivity contribution is 6.10. The minimum Gasteiger partial charge on any atom is -0.460 e. The number of fused-ring (bicyclic) bond motifs is 6. The van der Waals surface area contributed by atoms with Crippen LogP contribution in [-0.2, 0) is 16.1 Å². The molecule has 11 rings (SSSR count). The molecule has 0 aliphatic rings. The van der Waals surface area contributed by atoms with Gasteiger partial charge in [0.05, 0.1) is 27.5 Å². The molecule has 5 nitrogen and oxygen atoms in total. The zero-order valence-corrected chi connectivity index (χ0v) is 39.4. The van der Waals surface area contributed by atoms with Gasteiger partial charge in [-0.1, -0.05) is 147 Å². The van der Waals surface area contributed by atoms with Crippen LogP contribution < -0.4 is 4.90 Å². The highest BCUT2D eigenvalue weighted by Gasteiger charge is 2.33. The van der Waals surface area contributed by atoms with Crippen LogP contribution >= 0.6 is 0 Å². The van der Waals surface area contributed by atoms with Crippen LogP contribution in [0.2, 0.25) is 0 Å². The molecular formula is C64H59N3O2. The zero-order valence-electron chi connectivity index (χ0n) is 39.4. The Morgan fingerprint density at radius 2 is 0.957 bits per heavy atom. The van der Waals surface area contributed by atoms with Crippen molar-refractivity contribution in [3.8, 4) is 22.5 Å². The summed E-state index contributed by atoms with van der Waals surface area (Å²) in [4.78, 5) is 16.2. The number of nitrogens with zero attached hydrogens (tertiary/aromatic N) is 3. The van der Waals surface area contributed by atoms with Gasteiger partial charge in [0, 0.05) is 52.8 Å². The number of anilines is 3. The molecule has 0 bridgehead atoms. The number of benzene rings is 9. The summed E-state index contributed by atoms with van der Waals surface area (Å²) in [6.07, 6.45) is 2.33. The third-order valence-corrected chi connectivity index (χ3v) is 14.4. The molecule has 0 radical (unpaired) electrons. The van der Waals surface area contributed by atoms with Gasteiger partial charge in [0.1, 0.15) is 6.61 Å². The van der Waals surface area contributed by atoms with E-state index < -0.39 is 5.41 Å². The maximum absolute atomic E-state index is 13.9. The highest BCUT2D eigenvalue weighted by atomic mass is 16.5. The topological polar surface area (TPSA) is 39.4 Å². The molecule has 0 fully saturated rings. The molecule has 2 atom stereocenters. The molecule has 0 aliphatic heterocycles. The Balaban J connectivity index is 0.00000312. The lowest BCUT2D eigenvalue weighted by Gasteiger charge is -2.28. The summed E-state index contributed by atoms with van der Waals surface area (Å²) in [6, 6.07) is 79.9. The van der Waals surface area contributed by atoms with Crippen LogP contribution in [0.1, 0.15) is 59.9 Å². The van der Waals surface area contributed by atoms with Crippen LogP contribution in [0.25, 0.3) is 66.1 Å². The van der Waals surface area contributed by atoms with Crippen LogP contribution in [0.5, 0.6) is 0 Å². The number of esters is 1. The molecule has 11 aromatic rings. The van der Waals surface area contributed by atoms with Crippen LogP contribution in [0.3, 0.4) is 0 Å². The number of carbonyl (C=O) groups is 1. The van der Waals surface area contributed by atoms with E-state index in [1.54, 1.807) is 0 Å². The van der Waals surface area contributed by atoms with E-state index in [-0.39, 0.29) is 21.3 Å². The molecule has 342 valence electrons. The van der Waals surface area contributed by atoms with Gasteiger partial charge in [-0.05, 0) is 145 Å². The quantitative estimate of drug-likeness (QED) is 0.102. The highest BCUT2D eigenvalue weighted by Crippen LogP contribution is 2.39. The minimum atomic E-state index is -0.591. The normalized spacial score (nSPS) is 12.9. The Morgan fingerprint density at radius 3 is 1.45 bits per heavy atom. The molecule has 0 aliphatic carbocycles. The van der Waals surface area contributed by atoms with Crippen molar-refractivity contribution in [2.75, 3.05) is 4.90 Å². The van der Waals surface area contributed by atoms with E-state index in [1.165, 1.54) is 38.3 Å². The van der Waals surface area contributed by atoms with Crippen molar-refractivity contribution in [3.05, 3.63) is 236 Å². The van der Waals surface area contributed by atoms with E-state index in [4.69, 9.17) is 4.74 Å². The van der Waals surface area contributed by atoms with Gasteiger partial charge >= 0.3 is 5.97 Å². The zero-order chi connectivity index (χ0) is 46.9. The summed E-state index contributed by atoms with van der Waals surface area (Å²) in [7, 11) is 0. The van der Waals surface area contributed by atoms with E-state index >= 15 is 0 Å². The Morgan fingerprint density at radius 1 is 0.522 bits per heavy atom. The second-order valence-corrected chi connectivity index (χ2v) is 18.7. The van der Waals surface area contributed by atoms with Gasteiger partial charge in [-0.15, -0.1) is 0 Å². The predicted octanol–water partition coefficient (Wildman–Crippen LogP) is 17.6. The summed E-state index contributed by atoms with van der Waals surface area (Å²) in [5.74, 6) is 0.137. The van der Waals surface area contributed by atoms with Crippen LogP contribution in [0.4, 0.5) is 17.1 Å². The average Bonchev–Trinajstić information content (AvgIpc) is 3.93. The Kier molecular flexibility index (Phi) is 11.6. The number of ether oxygens (including phenoxy) is 1. The number of hydrogen-bond donors (Lipinski definition) is 0. The molecule has 0 N–H and O–H groups in total. The predicted molar refractivity (Wildman–Crippen MR) is 292 cm³/mol. The van der Waals surface area contributed by atoms with Crippen molar-refractivity contribution >= 4 is 66.6 Å². The maximum Gasteiger partial charge on any atom is 0.312 e. The molecular weight excluding hydrogens is 843 g/mol. The van der Waals surface area contributed by atoms with Crippen LogP contribution in [0.15, 0.2) is 224 Å². The van der Waals surface area contributed by atoms with Crippen molar-refractivity contribution in [1.29, 1.82) is 0 Å². The molecule has 5 heteroatoms. The largest absolute Gasteiger partial charge is 0.460 e. The Bertz CT molecular complexity index is 3490. The van der Waals surface area contributed by atoms with Crippen LogP contribution in [0, 0.1) is 5.41 Å². The average molecular weight is 902 g/mol. The molecule has 2 aromatic heterocycles. The fourth-order valence-corrected chi connectivity index (χ4v) is 10.2. The molecule has 0 saturated heterocycles. The molecule has 9 aromatic carbocycles. The lowest BCUT2D eigenvalue weighted by atomic mass is 9.79. The SMILES string of the molecule is CCC(C)(CCC(C)c1ccc(N(c2ccccc2)c2ccccc2)cc1)C(=O)OCc1ccc2c(c1)c1ccccc1n2-c1ccc(-c2ccc(-n3c4ccccc4c4ccccc43)cc2)cc1.[HH].[HH]. The van der Waals surface area contributed by atoms with Gasteiger partial charge < -0.3 is 18.8 Å². The van der Waals surface area contributed by atoms with Gasteiger partial charge in [0.2, 0.25) is 0 Å². The van der Waals surface area contributed by atoms with Gasteiger partial charge in [0.15, 0.2) is 0 Å². The monoisotopic (exact) mass is 901 g/mol. The molecule has 69 heavy (non-hydrogen) atoms. The van der Waals surface area contributed by atoms with Gasteiger partial charge in [0.25, 0.3) is 0 Å². The maximum atomic E-state index is 13.9. The number of carbonyl (C=O) groups excluding carboxylic acids is 1. The number of aromatic nitrogens is 2. The smallest absolute Gasteiger partial charge is 0.312 e. The van der Waals surface area contributed by atoms with E-state index in [0.29, 0.717) is 6.42 Å². The van der Waals surface area contributed by atoms with Gasteiger partial charge in [-0.25, -0.2) is 0 Å². The number of rotatable bonds is 14. The minimum absolute atomic E-state index is 0. The third-order valence-electron chi connectivity index (χ3n) is 14.4. The molecule has 2 heterocycles. The standard InChI is InChI=1S/C64H55N3O2.2H2/c1-4-64(3,42-41-45(2)47-28-34-52(35-29-47)65(50-17-7-5-8-18-50)51-19-9-6-10-20-51)63(68)69-44-46-27-40-62-58(43-46)57-23-13-16-26-61(57)67(62)54-38-32-49(33-39-54)48-30-36-53(37-31-48)66-59-24-14-11-21-55(59)56-22-12-15-25-60(56)66;;/h5-40,43,45H,4,41-42,44H2,1-3H3;2*1H. The summed E-state index contributed by atoms with van der Waals surface area (Å²) >= 11 is 0. The van der Waals surface area contributed by atoms with E-state index in [2.05, 4.69) is 247 Å². The lowest BCUT2D eigenvalue weighted by Crippen LogP contribution is -2.29. The fraction of sp³-hybridized carbons (Fsp3) is 0.141. The lowest BCUT2D eigenvalue weighted by molar-refractivity contribution is -0.157. The first kappa shape index (κ1) is 43.4. The van der Waals surface area contributed by atoms with Crippen LogP contribution in [-0.4, -0.2) is 15.1 Å². The van der Waals surface area contributed by atoms with E-state index in [9.17, 15) is 4.79 Å². The van der Waals surface area contributed by atoms with E-state index in [1.807, 2.05) is 12.1 Å². The molecule has 0 saturated carbocycles. The first-order valence-corrected chi connectivity index (χ1v) is 24.3. The van der Waals surface area contributed by atoms with Crippen molar-refractivity contribution in [3.63, 3.8) is 0 Å². The Labute approximate surface area is 407 Å². The van der Waals surface area contributed by atoms with Gasteiger partial charge in [-0.3, -0.25) is 4.79 Å². The summed E-state index contributed by atoms with van der Waals surface area (Å²) < 4.78 is 10.9. The first-order valence-electron chi connectivity index (χ1n) is 24.3. The number of para-hydroxylation sites is 5. The fourth-order valence-electron chi connectivity index (χ4n) is 10.2. The Hall–Kier alpha value is -8.15. The van der Waals surface area contributed by atoms with Crippen molar-refractivity contribution < 1.29 is 12.4 Å². The summed E-state index contributed by atoms with van der Waals surface area (Å²) in [5.41, 5.74) is 14.2. The third kappa shape index (κ3) is 8.25. The molecule has 0 amide bonds. The summed E-state index contributed by atoms with van der Waals surface area (Å²) in [6.45, 7) is 6.64. The molecule has 0 spiro atoms. The number of hydrogen-bond acceptors (Lipinski definition) is 3. The van der Waals surface area contributed by atoms with Crippen molar-refractivity contribution in [1.82, 2.24) is 9.13 Å².